The van der Waals surface area contributed by atoms with Crippen LogP contribution in [0.2, 0.25) is 0 Å². The lowest BCUT2D eigenvalue weighted by molar-refractivity contribution is 0.350. The molecule has 80 valence electrons. The van der Waals surface area contributed by atoms with Crippen LogP contribution in [-0.4, -0.2) is 12.8 Å². The molecule has 1 rings (SSSR count). The summed E-state index contributed by atoms with van der Waals surface area (Å²) in [5.41, 5.74) is 2.18. The van der Waals surface area contributed by atoms with E-state index >= 15 is 0 Å². The van der Waals surface area contributed by atoms with Gasteiger partial charge in [-0.15, -0.1) is 0 Å². The zero-order chi connectivity index (χ0) is 11.1. The van der Waals surface area contributed by atoms with E-state index in [1.807, 2.05) is 44.2 Å². The molecule has 0 atom stereocenters. The normalized spacial score (nSPS) is 12.1. The van der Waals surface area contributed by atoms with Gasteiger partial charge < -0.3 is 4.74 Å². The molecule has 15 heavy (non-hydrogen) atoms. The van der Waals surface area contributed by atoms with E-state index in [2.05, 4.69) is 11.9 Å². The van der Waals surface area contributed by atoms with Crippen molar-refractivity contribution in [3.63, 3.8) is 0 Å². The van der Waals surface area contributed by atoms with Gasteiger partial charge >= 0.3 is 0 Å². The van der Waals surface area contributed by atoms with Crippen LogP contribution in [0.1, 0.15) is 19.4 Å². The SMILES string of the molecule is CC=N/C(=C\C)COc1ccc(C)cc1. The van der Waals surface area contributed by atoms with Crippen LogP contribution < -0.4 is 4.74 Å². The molecular weight excluding hydrogens is 186 g/mol. The van der Waals surface area contributed by atoms with Gasteiger partial charge in [0.2, 0.25) is 0 Å². The van der Waals surface area contributed by atoms with Gasteiger partial charge in [0.15, 0.2) is 0 Å². The molecular formula is C13H17NO. The van der Waals surface area contributed by atoms with E-state index in [4.69, 9.17) is 4.74 Å². The third-order valence-electron chi connectivity index (χ3n) is 2.04. The van der Waals surface area contributed by atoms with Crippen molar-refractivity contribution in [3.8, 4) is 5.75 Å². The van der Waals surface area contributed by atoms with E-state index in [1.165, 1.54) is 5.56 Å². The fourth-order valence-corrected chi connectivity index (χ4v) is 1.15. The highest BCUT2D eigenvalue weighted by molar-refractivity contribution is 5.55. The molecule has 0 saturated heterocycles. The molecule has 0 radical (unpaired) electrons. The van der Waals surface area contributed by atoms with E-state index < -0.39 is 0 Å². The summed E-state index contributed by atoms with van der Waals surface area (Å²) < 4.78 is 5.58. The third kappa shape index (κ3) is 3.98. The lowest BCUT2D eigenvalue weighted by atomic mass is 10.2. The highest BCUT2D eigenvalue weighted by atomic mass is 16.5. The van der Waals surface area contributed by atoms with Crippen molar-refractivity contribution in [3.05, 3.63) is 41.6 Å². The van der Waals surface area contributed by atoms with E-state index in [0.717, 1.165) is 11.4 Å². The molecule has 0 bridgehead atoms. The Morgan fingerprint density at radius 2 is 1.93 bits per heavy atom. The van der Waals surface area contributed by atoms with Gasteiger partial charge in [0.1, 0.15) is 12.4 Å². The fourth-order valence-electron chi connectivity index (χ4n) is 1.15. The lowest BCUT2D eigenvalue weighted by Crippen LogP contribution is -1.99. The molecule has 0 aliphatic carbocycles. The maximum Gasteiger partial charge on any atom is 0.130 e. The van der Waals surface area contributed by atoms with Gasteiger partial charge in [0, 0.05) is 6.21 Å². The molecule has 1 aromatic rings. The number of hydrogen-bond donors (Lipinski definition) is 0. The summed E-state index contributed by atoms with van der Waals surface area (Å²) in [5.74, 6) is 0.881. The Labute approximate surface area is 91.3 Å². The topological polar surface area (TPSA) is 21.6 Å². The zero-order valence-corrected chi connectivity index (χ0v) is 9.53. The summed E-state index contributed by atoms with van der Waals surface area (Å²) in [7, 11) is 0. The number of ether oxygens (including phenoxy) is 1. The van der Waals surface area contributed by atoms with Gasteiger partial charge in [-0.05, 0) is 32.9 Å². The smallest absolute Gasteiger partial charge is 0.130 e. The quantitative estimate of drug-likeness (QED) is 0.687. The molecule has 1 aromatic carbocycles. The van der Waals surface area contributed by atoms with Crippen molar-refractivity contribution in [2.45, 2.75) is 20.8 Å². The van der Waals surface area contributed by atoms with Crippen molar-refractivity contribution in [2.24, 2.45) is 4.99 Å². The summed E-state index contributed by atoms with van der Waals surface area (Å²) >= 11 is 0. The molecule has 2 heteroatoms. The molecule has 0 heterocycles. The highest BCUT2D eigenvalue weighted by Gasteiger charge is 1.95. The Morgan fingerprint density at radius 1 is 1.27 bits per heavy atom. The Hall–Kier alpha value is -1.57. The summed E-state index contributed by atoms with van der Waals surface area (Å²) in [6.07, 6.45) is 3.72. The van der Waals surface area contributed by atoms with Gasteiger partial charge in [-0.1, -0.05) is 23.8 Å². The Bertz CT molecular complexity index is 349. The fraction of sp³-hybridized carbons (Fsp3) is 0.308. The minimum Gasteiger partial charge on any atom is -0.487 e. The maximum atomic E-state index is 5.58. The van der Waals surface area contributed by atoms with Crippen molar-refractivity contribution >= 4 is 6.21 Å². The highest BCUT2D eigenvalue weighted by Crippen LogP contribution is 2.12. The first-order chi connectivity index (χ1) is 7.26. The van der Waals surface area contributed by atoms with Gasteiger partial charge in [0.25, 0.3) is 0 Å². The molecule has 0 amide bonds. The standard InChI is InChI=1S/C13H17NO/c1-4-12(14-5-2)10-15-13-8-6-11(3)7-9-13/h4-9H,10H2,1-3H3/b12-4-,14-5?. The number of hydrogen-bond acceptors (Lipinski definition) is 2. The number of allylic oxidation sites excluding steroid dienone is 1. The van der Waals surface area contributed by atoms with E-state index in [0.29, 0.717) is 6.61 Å². The lowest BCUT2D eigenvalue weighted by Gasteiger charge is -2.06. The molecule has 0 spiro atoms. The first-order valence-electron chi connectivity index (χ1n) is 5.09. The van der Waals surface area contributed by atoms with Crippen molar-refractivity contribution in [2.75, 3.05) is 6.61 Å². The van der Waals surface area contributed by atoms with Crippen molar-refractivity contribution < 1.29 is 4.74 Å². The monoisotopic (exact) mass is 203 g/mol. The van der Waals surface area contributed by atoms with Crippen LogP contribution >= 0.6 is 0 Å². The Morgan fingerprint density at radius 3 is 2.47 bits per heavy atom. The summed E-state index contributed by atoms with van der Waals surface area (Å²) in [5, 5.41) is 0. The number of rotatable bonds is 4. The largest absolute Gasteiger partial charge is 0.487 e. The van der Waals surface area contributed by atoms with Crippen LogP contribution in [0.25, 0.3) is 0 Å². The van der Waals surface area contributed by atoms with Gasteiger partial charge in [-0.3, -0.25) is 4.99 Å². The summed E-state index contributed by atoms with van der Waals surface area (Å²) in [6.45, 7) is 6.43. The average Bonchev–Trinajstić information content (AvgIpc) is 2.26. The maximum absolute atomic E-state index is 5.58. The van der Waals surface area contributed by atoms with Crippen LogP contribution in [0.15, 0.2) is 41.0 Å². The molecule has 0 aliphatic heterocycles. The Kier molecular flexibility index (Phi) is 4.61. The zero-order valence-electron chi connectivity index (χ0n) is 9.53. The molecule has 0 saturated carbocycles. The van der Waals surface area contributed by atoms with Gasteiger partial charge in [-0.2, -0.15) is 0 Å². The second kappa shape index (κ2) is 6.02. The molecule has 0 unspecified atom stereocenters. The first-order valence-corrected chi connectivity index (χ1v) is 5.09. The molecule has 0 fully saturated rings. The van der Waals surface area contributed by atoms with Crippen LogP contribution in [0, 0.1) is 6.92 Å². The summed E-state index contributed by atoms with van der Waals surface area (Å²) in [6, 6.07) is 8.01. The minimum atomic E-state index is 0.518. The van der Waals surface area contributed by atoms with E-state index in [9.17, 15) is 0 Å². The molecule has 0 aromatic heterocycles. The van der Waals surface area contributed by atoms with E-state index in [-0.39, 0.29) is 0 Å². The Balaban J connectivity index is 2.53. The average molecular weight is 203 g/mol. The number of nitrogens with zero attached hydrogens (tertiary/aromatic N) is 1. The molecule has 2 nitrogen and oxygen atoms in total. The number of aryl methyl sites for hydroxylation is 1. The van der Waals surface area contributed by atoms with Crippen molar-refractivity contribution in [1.29, 1.82) is 0 Å². The number of aliphatic imine (C=N–C) groups is 1. The third-order valence-corrected chi connectivity index (χ3v) is 2.04. The summed E-state index contributed by atoms with van der Waals surface area (Å²) in [4.78, 5) is 4.19. The molecule has 0 aliphatic rings. The minimum absolute atomic E-state index is 0.518. The second-order valence-electron chi connectivity index (χ2n) is 3.27. The van der Waals surface area contributed by atoms with Crippen LogP contribution in [0.5, 0.6) is 5.75 Å². The predicted octanol–water partition coefficient (Wildman–Crippen LogP) is 3.37. The molecule has 0 N–H and O–H groups in total. The predicted molar refractivity (Wildman–Crippen MR) is 64.6 cm³/mol. The van der Waals surface area contributed by atoms with Crippen LogP contribution in [0.4, 0.5) is 0 Å². The first kappa shape index (κ1) is 11.5. The second-order valence-corrected chi connectivity index (χ2v) is 3.27. The van der Waals surface area contributed by atoms with Gasteiger partial charge in [-0.25, -0.2) is 0 Å². The van der Waals surface area contributed by atoms with Crippen LogP contribution in [0.3, 0.4) is 0 Å². The van der Waals surface area contributed by atoms with Gasteiger partial charge in [0.05, 0.1) is 5.70 Å². The van der Waals surface area contributed by atoms with Crippen LogP contribution in [-0.2, 0) is 0 Å². The number of benzene rings is 1. The van der Waals surface area contributed by atoms with E-state index in [1.54, 1.807) is 6.21 Å². The van der Waals surface area contributed by atoms with Crippen molar-refractivity contribution in [1.82, 2.24) is 0 Å².